The Kier molecular flexibility index (Phi) is 3.46. The second kappa shape index (κ2) is 5.26. The van der Waals surface area contributed by atoms with Crippen molar-refractivity contribution in [3.63, 3.8) is 0 Å². The van der Waals surface area contributed by atoms with E-state index in [2.05, 4.69) is 10.3 Å². The molecule has 1 aromatic heterocycles. The van der Waals surface area contributed by atoms with E-state index < -0.39 is 12.2 Å². The van der Waals surface area contributed by atoms with Crippen LogP contribution >= 0.6 is 0 Å². The van der Waals surface area contributed by atoms with Gasteiger partial charge in [0.05, 0.1) is 12.6 Å². The van der Waals surface area contributed by atoms with Crippen molar-refractivity contribution < 1.29 is 13.5 Å². The number of halogens is 2. The van der Waals surface area contributed by atoms with Crippen LogP contribution in [0.15, 0.2) is 54.9 Å². The number of nitrogens with one attached hydrogen (secondary N) is 1. The highest BCUT2D eigenvalue weighted by atomic mass is 19.3. The molecule has 3 rings (SSSR count). The minimum Gasteiger partial charge on any atom is -0.355 e. The zero-order chi connectivity index (χ0) is 14.0. The number of ether oxygens (including phenoxy) is 1. The van der Waals surface area contributed by atoms with Crippen molar-refractivity contribution in [2.45, 2.75) is 18.2 Å². The fourth-order valence-electron chi connectivity index (χ4n) is 2.28. The van der Waals surface area contributed by atoms with E-state index in [9.17, 15) is 8.78 Å². The summed E-state index contributed by atoms with van der Waals surface area (Å²) < 4.78 is 33.9. The summed E-state index contributed by atoms with van der Waals surface area (Å²) >= 11 is 0. The van der Waals surface area contributed by atoms with Gasteiger partial charge in [0.2, 0.25) is 0 Å². The minimum absolute atomic E-state index is 0.0984. The molecule has 2 atom stereocenters. The molecule has 2 aromatic rings. The smallest absolute Gasteiger partial charge is 0.311 e. The Balaban J connectivity index is 1.77. The fraction of sp³-hybridized carbons (Fsp3) is 0.267. The second-order valence-electron chi connectivity index (χ2n) is 4.70. The molecule has 20 heavy (non-hydrogen) atoms. The van der Waals surface area contributed by atoms with Crippen molar-refractivity contribution in [1.82, 2.24) is 10.3 Å². The Labute approximate surface area is 115 Å². The number of aromatic nitrogens is 1. The molecule has 0 radical (unpaired) electrons. The number of pyridine rings is 1. The average molecular weight is 276 g/mol. The maximum Gasteiger partial charge on any atom is 0.311 e. The van der Waals surface area contributed by atoms with Gasteiger partial charge in [-0.25, -0.2) is 0 Å². The first-order chi connectivity index (χ1) is 9.68. The Morgan fingerprint density at radius 3 is 2.50 bits per heavy atom. The number of nitrogens with zero attached hydrogens (tertiary/aromatic N) is 1. The third-order valence-electron chi connectivity index (χ3n) is 3.38. The predicted octanol–water partition coefficient (Wildman–Crippen LogP) is 2.86. The summed E-state index contributed by atoms with van der Waals surface area (Å²) in [4.78, 5) is 3.75. The largest absolute Gasteiger partial charge is 0.355 e. The third kappa shape index (κ3) is 2.42. The molecule has 0 spiro atoms. The van der Waals surface area contributed by atoms with Gasteiger partial charge >= 0.3 is 5.92 Å². The van der Waals surface area contributed by atoms with Crippen LogP contribution in [0, 0.1) is 0 Å². The highest BCUT2D eigenvalue weighted by Crippen LogP contribution is 2.36. The zero-order valence-electron chi connectivity index (χ0n) is 10.7. The van der Waals surface area contributed by atoms with E-state index in [0.717, 1.165) is 5.56 Å². The third-order valence-corrected chi connectivity index (χ3v) is 3.38. The van der Waals surface area contributed by atoms with Crippen LogP contribution in [0.2, 0.25) is 0 Å². The van der Waals surface area contributed by atoms with Crippen molar-refractivity contribution in [2.24, 2.45) is 0 Å². The maximum absolute atomic E-state index is 14.3. The van der Waals surface area contributed by atoms with Crippen LogP contribution < -0.4 is 5.32 Å². The molecule has 0 aliphatic carbocycles. The maximum atomic E-state index is 14.3. The molecule has 1 fully saturated rings. The Hall–Kier alpha value is -1.85. The predicted molar refractivity (Wildman–Crippen MR) is 70.2 cm³/mol. The first-order valence-electron chi connectivity index (χ1n) is 6.39. The average Bonchev–Trinajstić information content (AvgIpc) is 3.00. The summed E-state index contributed by atoms with van der Waals surface area (Å²) in [6.45, 7) is 0.232. The van der Waals surface area contributed by atoms with E-state index in [0.29, 0.717) is 0 Å². The zero-order valence-corrected chi connectivity index (χ0v) is 10.7. The van der Waals surface area contributed by atoms with Crippen molar-refractivity contribution >= 4 is 0 Å². The van der Waals surface area contributed by atoms with Gasteiger partial charge in [-0.1, -0.05) is 30.3 Å². The summed E-state index contributed by atoms with van der Waals surface area (Å²) in [5.41, 5.74) is 0.847. The van der Waals surface area contributed by atoms with E-state index in [1.54, 1.807) is 0 Å². The van der Waals surface area contributed by atoms with Crippen molar-refractivity contribution in [1.29, 1.82) is 0 Å². The number of hydrogen-bond donors (Lipinski definition) is 1. The van der Waals surface area contributed by atoms with Crippen molar-refractivity contribution in [3.05, 3.63) is 66.0 Å². The van der Waals surface area contributed by atoms with Gasteiger partial charge in [-0.05, 0) is 17.7 Å². The molecule has 1 aliphatic heterocycles. The Morgan fingerprint density at radius 2 is 1.80 bits per heavy atom. The van der Waals surface area contributed by atoms with E-state index in [-0.39, 0.29) is 18.2 Å². The molecule has 3 nitrogen and oxygen atoms in total. The van der Waals surface area contributed by atoms with Crippen LogP contribution in [0.5, 0.6) is 0 Å². The molecule has 5 heteroatoms. The lowest BCUT2D eigenvalue weighted by atomic mass is 10.1. The van der Waals surface area contributed by atoms with Crippen molar-refractivity contribution in [2.75, 3.05) is 6.61 Å². The molecular formula is C15H14F2N2O. The molecule has 1 unspecified atom stereocenters. The minimum atomic E-state index is -3.09. The highest BCUT2D eigenvalue weighted by Gasteiger charge is 2.46. The van der Waals surface area contributed by atoms with Gasteiger partial charge in [0.25, 0.3) is 0 Å². The number of hydrogen-bond acceptors (Lipinski definition) is 3. The lowest BCUT2D eigenvalue weighted by Gasteiger charge is -2.23. The SMILES string of the molecule is FC(F)(c1ccncc1)C1N[C@@H](c2ccccc2)CO1. The molecule has 1 aliphatic rings. The Morgan fingerprint density at radius 1 is 1.10 bits per heavy atom. The van der Waals surface area contributed by atoms with Gasteiger partial charge < -0.3 is 4.74 Å². The molecule has 1 aromatic carbocycles. The van der Waals surface area contributed by atoms with Gasteiger partial charge in [0, 0.05) is 18.0 Å². The Bertz CT molecular complexity index is 563. The molecule has 0 amide bonds. The molecule has 104 valence electrons. The lowest BCUT2D eigenvalue weighted by molar-refractivity contribution is -0.130. The summed E-state index contributed by atoms with van der Waals surface area (Å²) in [6.07, 6.45) is 1.38. The van der Waals surface area contributed by atoms with Crippen LogP contribution in [0.1, 0.15) is 17.2 Å². The molecule has 2 heterocycles. The summed E-state index contributed by atoms with van der Waals surface area (Å²) in [5.74, 6) is -3.09. The highest BCUT2D eigenvalue weighted by molar-refractivity contribution is 5.22. The first-order valence-corrected chi connectivity index (χ1v) is 6.39. The summed E-state index contributed by atoms with van der Waals surface area (Å²) in [5, 5.41) is 2.85. The van der Waals surface area contributed by atoms with E-state index in [4.69, 9.17) is 4.74 Å². The van der Waals surface area contributed by atoms with Gasteiger partial charge in [0.1, 0.15) is 0 Å². The van der Waals surface area contributed by atoms with Crippen LogP contribution in [0.3, 0.4) is 0 Å². The van der Waals surface area contributed by atoms with Crippen molar-refractivity contribution in [3.8, 4) is 0 Å². The molecule has 1 saturated heterocycles. The molecule has 0 bridgehead atoms. The van der Waals surface area contributed by atoms with Gasteiger partial charge in [-0.2, -0.15) is 8.78 Å². The fourth-order valence-corrected chi connectivity index (χ4v) is 2.28. The quantitative estimate of drug-likeness (QED) is 0.936. The monoisotopic (exact) mass is 276 g/mol. The van der Waals surface area contributed by atoms with E-state index in [1.807, 2.05) is 30.3 Å². The van der Waals surface area contributed by atoms with Gasteiger partial charge in [-0.15, -0.1) is 0 Å². The number of alkyl halides is 2. The van der Waals surface area contributed by atoms with Gasteiger partial charge in [0.15, 0.2) is 6.23 Å². The standard InChI is InChI=1S/C15H14F2N2O/c16-15(17,12-6-8-18-9-7-12)14-19-13(10-20-14)11-4-2-1-3-5-11/h1-9,13-14,19H,10H2/t13-,14?/m1/s1. The molecular weight excluding hydrogens is 262 g/mol. The van der Waals surface area contributed by atoms with Crippen LogP contribution in [0.4, 0.5) is 8.78 Å². The van der Waals surface area contributed by atoms with Gasteiger partial charge in [-0.3, -0.25) is 10.3 Å². The van der Waals surface area contributed by atoms with E-state index >= 15 is 0 Å². The first kappa shape index (κ1) is 13.1. The molecule has 1 N–H and O–H groups in total. The topological polar surface area (TPSA) is 34.2 Å². The summed E-state index contributed by atoms with van der Waals surface area (Å²) in [6, 6.07) is 11.8. The van der Waals surface area contributed by atoms with Crippen LogP contribution in [-0.4, -0.2) is 17.8 Å². The summed E-state index contributed by atoms with van der Waals surface area (Å²) in [7, 11) is 0. The van der Waals surface area contributed by atoms with E-state index in [1.165, 1.54) is 24.5 Å². The van der Waals surface area contributed by atoms with Crippen LogP contribution in [0.25, 0.3) is 0 Å². The lowest BCUT2D eigenvalue weighted by Crippen LogP contribution is -2.40. The molecule has 0 saturated carbocycles. The number of rotatable bonds is 3. The second-order valence-corrected chi connectivity index (χ2v) is 4.70. The van der Waals surface area contributed by atoms with Crippen LogP contribution in [-0.2, 0) is 10.7 Å². The number of benzene rings is 1. The normalized spacial score (nSPS) is 22.9.